The molecule has 0 saturated heterocycles. The molecule has 1 aromatic rings. The Kier molecular flexibility index (Phi) is 4.42. The number of hydrogen-bond acceptors (Lipinski definition) is 3. The minimum absolute atomic E-state index is 0.138. The lowest BCUT2D eigenvalue weighted by molar-refractivity contribution is 0.533. The molecule has 3 nitrogen and oxygen atoms in total. The van der Waals surface area contributed by atoms with E-state index < -0.39 is 0 Å². The first-order chi connectivity index (χ1) is 7.45. The summed E-state index contributed by atoms with van der Waals surface area (Å²) in [6.45, 7) is 10.4. The maximum absolute atomic E-state index is 6.00. The summed E-state index contributed by atoms with van der Waals surface area (Å²) in [6.07, 6.45) is 1.02. The molecule has 0 aliphatic carbocycles. The van der Waals surface area contributed by atoms with E-state index in [1.807, 2.05) is 13.8 Å². The molecule has 16 heavy (non-hydrogen) atoms. The lowest BCUT2D eigenvalue weighted by atomic mass is 9.94. The number of hydrogen-bond donors (Lipinski definition) is 1. The van der Waals surface area contributed by atoms with Crippen LogP contribution >= 0.6 is 0 Å². The van der Waals surface area contributed by atoms with E-state index >= 15 is 0 Å². The van der Waals surface area contributed by atoms with Crippen molar-refractivity contribution in [2.24, 2.45) is 5.73 Å². The molecule has 0 bridgehead atoms. The van der Waals surface area contributed by atoms with E-state index in [1.54, 1.807) is 0 Å². The highest BCUT2D eigenvalue weighted by Crippen LogP contribution is 2.22. The van der Waals surface area contributed by atoms with Gasteiger partial charge in [-0.1, -0.05) is 20.8 Å². The van der Waals surface area contributed by atoms with Crippen molar-refractivity contribution in [2.75, 3.05) is 0 Å². The topological polar surface area (TPSA) is 51.8 Å². The Labute approximate surface area is 98.5 Å². The molecule has 0 aromatic carbocycles. The van der Waals surface area contributed by atoms with Gasteiger partial charge in [-0.15, -0.1) is 0 Å². The van der Waals surface area contributed by atoms with Crippen LogP contribution < -0.4 is 5.73 Å². The molecule has 90 valence electrons. The summed E-state index contributed by atoms with van der Waals surface area (Å²) in [6, 6.07) is 2.20. The standard InChI is InChI=1S/C13H23N3/c1-6-11(10(5)14)12-7-9(4)15-13(16-12)8(2)3/h7-8,10-11H,6,14H2,1-5H3. The zero-order chi connectivity index (χ0) is 12.3. The summed E-state index contributed by atoms with van der Waals surface area (Å²) in [7, 11) is 0. The van der Waals surface area contributed by atoms with Crippen LogP contribution in [0.2, 0.25) is 0 Å². The molecule has 0 spiro atoms. The summed E-state index contributed by atoms with van der Waals surface area (Å²) in [4.78, 5) is 9.09. The quantitative estimate of drug-likeness (QED) is 0.850. The van der Waals surface area contributed by atoms with Gasteiger partial charge in [0.1, 0.15) is 5.82 Å². The van der Waals surface area contributed by atoms with Gasteiger partial charge in [-0.25, -0.2) is 9.97 Å². The highest BCUT2D eigenvalue weighted by atomic mass is 14.9. The Morgan fingerprint density at radius 3 is 2.31 bits per heavy atom. The van der Waals surface area contributed by atoms with Crippen LogP contribution in [0.25, 0.3) is 0 Å². The third-order valence-corrected chi connectivity index (χ3v) is 2.86. The van der Waals surface area contributed by atoms with Crippen molar-refractivity contribution in [3.63, 3.8) is 0 Å². The van der Waals surface area contributed by atoms with Crippen LogP contribution in [0.15, 0.2) is 6.07 Å². The predicted octanol–water partition coefficient (Wildman–Crippen LogP) is 2.75. The minimum Gasteiger partial charge on any atom is -0.327 e. The summed E-state index contributed by atoms with van der Waals surface area (Å²) >= 11 is 0. The molecule has 1 rings (SSSR count). The molecule has 0 fully saturated rings. The van der Waals surface area contributed by atoms with Crippen molar-refractivity contribution >= 4 is 0 Å². The zero-order valence-corrected chi connectivity index (χ0v) is 11.0. The van der Waals surface area contributed by atoms with E-state index in [1.165, 1.54) is 0 Å². The van der Waals surface area contributed by atoms with Crippen molar-refractivity contribution in [3.05, 3.63) is 23.3 Å². The summed E-state index contributed by atoms with van der Waals surface area (Å²) < 4.78 is 0. The predicted molar refractivity (Wildman–Crippen MR) is 67.5 cm³/mol. The van der Waals surface area contributed by atoms with Gasteiger partial charge in [-0.05, 0) is 26.3 Å². The van der Waals surface area contributed by atoms with Gasteiger partial charge in [-0.2, -0.15) is 0 Å². The van der Waals surface area contributed by atoms with Crippen LogP contribution in [0.4, 0.5) is 0 Å². The maximum atomic E-state index is 6.00. The van der Waals surface area contributed by atoms with Crippen LogP contribution in [0.1, 0.15) is 63.2 Å². The van der Waals surface area contributed by atoms with E-state index in [0.29, 0.717) is 11.8 Å². The maximum Gasteiger partial charge on any atom is 0.131 e. The molecule has 0 radical (unpaired) electrons. The second-order valence-electron chi connectivity index (χ2n) is 4.82. The Morgan fingerprint density at radius 1 is 1.25 bits per heavy atom. The second kappa shape index (κ2) is 5.39. The van der Waals surface area contributed by atoms with Crippen LogP contribution in [0, 0.1) is 6.92 Å². The number of nitrogens with zero attached hydrogens (tertiary/aromatic N) is 2. The van der Waals surface area contributed by atoms with Gasteiger partial charge in [0.2, 0.25) is 0 Å². The number of nitrogens with two attached hydrogens (primary N) is 1. The molecule has 0 amide bonds. The van der Waals surface area contributed by atoms with Crippen molar-refractivity contribution in [3.8, 4) is 0 Å². The summed E-state index contributed by atoms with van der Waals surface area (Å²) in [5.74, 6) is 1.62. The Bertz CT molecular complexity index is 345. The fourth-order valence-corrected chi connectivity index (χ4v) is 1.91. The van der Waals surface area contributed by atoms with Crippen molar-refractivity contribution in [1.29, 1.82) is 0 Å². The monoisotopic (exact) mass is 221 g/mol. The Hall–Kier alpha value is -0.960. The van der Waals surface area contributed by atoms with Gasteiger partial charge in [0.25, 0.3) is 0 Å². The van der Waals surface area contributed by atoms with Crippen molar-refractivity contribution in [1.82, 2.24) is 9.97 Å². The molecule has 2 N–H and O–H groups in total. The smallest absolute Gasteiger partial charge is 0.131 e. The van der Waals surface area contributed by atoms with E-state index in [0.717, 1.165) is 23.6 Å². The second-order valence-corrected chi connectivity index (χ2v) is 4.82. The molecule has 0 aliphatic rings. The van der Waals surface area contributed by atoms with Crippen LogP contribution in [0.3, 0.4) is 0 Å². The van der Waals surface area contributed by atoms with E-state index in [-0.39, 0.29) is 6.04 Å². The van der Waals surface area contributed by atoms with Crippen molar-refractivity contribution in [2.45, 2.75) is 58.9 Å². The van der Waals surface area contributed by atoms with E-state index in [4.69, 9.17) is 5.73 Å². The fourth-order valence-electron chi connectivity index (χ4n) is 1.91. The average Bonchev–Trinajstić information content (AvgIpc) is 2.17. The van der Waals surface area contributed by atoms with Crippen LogP contribution in [-0.4, -0.2) is 16.0 Å². The average molecular weight is 221 g/mol. The molecule has 1 heterocycles. The molecule has 2 atom stereocenters. The van der Waals surface area contributed by atoms with Gasteiger partial charge in [0.15, 0.2) is 0 Å². The van der Waals surface area contributed by atoms with Gasteiger partial charge in [-0.3, -0.25) is 0 Å². The normalized spacial score (nSPS) is 15.2. The SMILES string of the molecule is CCC(c1cc(C)nc(C(C)C)n1)C(C)N. The largest absolute Gasteiger partial charge is 0.327 e. The van der Waals surface area contributed by atoms with Gasteiger partial charge in [0.05, 0.1) is 0 Å². The molecule has 1 aromatic heterocycles. The van der Waals surface area contributed by atoms with E-state index in [2.05, 4.69) is 36.8 Å². The minimum atomic E-state index is 0.138. The van der Waals surface area contributed by atoms with Crippen molar-refractivity contribution < 1.29 is 0 Å². The highest BCUT2D eigenvalue weighted by Gasteiger charge is 2.17. The summed E-state index contributed by atoms with van der Waals surface area (Å²) in [5.41, 5.74) is 8.12. The van der Waals surface area contributed by atoms with Crippen LogP contribution in [0.5, 0.6) is 0 Å². The lowest BCUT2D eigenvalue weighted by Gasteiger charge is -2.19. The molecular weight excluding hydrogens is 198 g/mol. The number of rotatable bonds is 4. The van der Waals surface area contributed by atoms with Crippen LogP contribution in [-0.2, 0) is 0 Å². The molecule has 3 heteroatoms. The Balaban J connectivity index is 3.12. The highest BCUT2D eigenvalue weighted by molar-refractivity contribution is 5.17. The summed E-state index contributed by atoms with van der Waals surface area (Å²) in [5, 5.41) is 0. The molecule has 0 aliphatic heterocycles. The first-order valence-corrected chi connectivity index (χ1v) is 6.06. The van der Waals surface area contributed by atoms with Gasteiger partial charge in [0, 0.05) is 29.3 Å². The third kappa shape index (κ3) is 3.01. The lowest BCUT2D eigenvalue weighted by Crippen LogP contribution is -2.25. The van der Waals surface area contributed by atoms with E-state index in [9.17, 15) is 0 Å². The van der Waals surface area contributed by atoms with Gasteiger partial charge < -0.3 is 5.73 Å². The first kappa shape index (κ1) is 13.1. The zero-order valence-electron chi connectivity index (χ0n) is 11.0. The molecule has 0 saturated carbocycles. The first-order valence-electron chi connectivity index (χ1n) is 6.06. The Morgan fingerprint density at radius 2 is 1.88 bits per heavy atom. The molecular formula is C13H23N3. The molecule has 2 unspecified atom stereocenters. The number of aromatic nitrogens is 2. The van der Waals surface area contributed by atoms with Gasteiger partial charge >= 0.3 is 0 Å². The third-order valence-electron chi connectivity index (χ3n) is 2.86. The number of aryl methyl sites for hydroxylation is 1. The fraction of sp³-hybridized carbons (Fsp3) is 0.692.